The Hall–Kier alpha value is -12.6. The summed E-state index contributed by atoms with van der Waals surface area (Å²) in [5.74, 6) is 0.665. The third kappa shape index (κ3) is 11.5. The lowest BCUT2D eigenvalue weighted by Crippen LogP contribution is -2.02. The second kappa shape index (κ2) is 26.6. The molecule has 0 unspecified atom stereocenters. The van der Waals surface area contributed by atoms with E-state index in [9.17, 15) is 5.02 Å². The molecule has 4 nitrogen and oxygen atoms in total. The number of fused-ring (bicyclic) bond motifs is 12. The van der Waals surface area contributed by atoms with Crippen molar-refractivity contribution in [1.82, 2.24) is 0 Å². The van der Waals surface area contributed by atoms with Gasteiger partial charge in [-0.15, -0.1) is 0 Å². The molecule has 0 fully saturated rings. The molecule has 20 rings (SSSR count). The van der Waals surface area contributed by atoms with Crippen LogP contribution in [0.15, 0.2) is 377 Å². The number of halogens is 1. The van der Waals surface area contributed by atoms with E-state index in [4.69, 9.17) is 13.5 Å². The molecular formula is C96H61BBrO4. The van der Waals surface area contributed by atoms with E-state index >= 15 is 0 Å². The molecule has 0 atom stereocenters. The summed E-state index contributed by atoms with van der Waals surface area (Å²) in [6.07, 6.45) is 0. The second-order valence-corrected chi connectivity index (χ2v) is 26.8. The van der Waals surface area contributed by atoms with Crippen LogP contribution in [-0.2, 0) is 0 Å². The number of hydrogen-bond acceptors (Lipinski definition) is 4. The first-order valence-electron chi connectivity index (χ1n) is 34.3. The van der Waals surface area contributed by atoms with Crippen molar-refractivity contribution < 1.29 is 18.5 Å². The van der Waals surface area contributed by atoms with E-state index in [1.807, 2.05) is 72.8 Å². The number of para-hydroxylation sites is 2. The van der Waals surface area contributed by atoms with Crippen molar-refractivity contribution in [1.29, 1.82) is 0 Å². The minimum absolute atomic E-state index is 0.665. The van der Waals surface area contributed by atoms with E-state index in [2.05, 4.69) is 307 Å². The number of hydrogen-bond donors (Lipinski definition) is 1. The maximum atomic E-state index is 9.42. The van der Waals surface area contributed by atoms with Gasteiger partial charge in [-0.1, -0.05) is 307 Å². The van der Waals surface area contributed by atoms with Gasteiger partial charge in [0.05, 0.1) is 0 Å². The minimum atomic E-state index is 0.665. The Morgan fingerprint density at radius 2 is 0.510 bits per heavy atom. The molecule has 18 aromatic carbocycles. The van der Waals surface area contributed by atoms with Gasteiger partial charge in [-0.25, -0.2) is 0 Å². The first-order valence-corrected chi connectivity index (χ1v) is 35.1. The van der Waals surface area contributed by atoms with Crippen LogP contribution in [0.4, 0.5) is 0 Å². The van der Waals surface area contributed by atoms with Gasteiger partial charge in [-0.3, -0.25) is 0 Å². The van der Waals surface area contributed by atoms with Gasteiger partial charge in [-0.2, -0.15) is 0 Å². The summed E-state index contributed by atoms with van der Waals surface area (Å²) in [6, 6.07) is 129. The topological polar surface area (TPSA) is 55.7 Å². The molecule has 6 heteroatoms. The van der Waals surface area contributed by atoms with Crippen LogP contribution in [0.3, 0.4) is 0 Å². The molecule has 102 heavy (non-hydrogen) atoms. The lowest BCUT2D eigenvalue weighted by atomic mass is 9.85. The highest BCUT2D eigenvalue weighted by Gasteiger charge is 2.20. The van der Waals surface area contributed by atoms with E-state index in [-0.39, 0.29) is 0 Å². The first-order chi connectivity index (χ1) is 50.4. The number of furan rings is 2. The van der Waals surface area contributed by atoms with Gasteiger partial charge in [-0.05, 0) is 205 Å². The van der Waals surface area contributed by atoms with E-state index < -0.39 is 0 Å². The van der Waals surface area contributed by atoms with Crippen LogP contribution in [0.2, 0.25) is 0 Å². The van der Waals surface area contributed by atoms with Crippen LogP contribution in [0.1, 0.15) is 0 Å². The Balaban J connectivity index is 0.000000121. The molecule has 1 radical (unpaired) electrons. The normalized spacial score (nSPS) is 11.4. The fourth-order valence-corrected chi connectivity index (χ4v) is 15.3. The van der Waals surface area contributed by atoms with Gasteiger partial charge in [0.15, 0.2) is 0 Å². The summed E-state index contributed by atoms with van der Waals surface area (Å²) in [6.45, 7) is 0. The Kier molecular flexibility index (Phi) is 16.1. The van der Waals surface area contributed by atoms with Crippen LogP contribution < -0.4 is 4.65 Å². The second-order valence-electron chi connectivity index (χ2n) is 25.8. The fraction of sp³-hybridized carbons (Fsp3) is 0. The van der Waals surface area contributed by atoms with E-state index in [1.54, 1.807) is 0 Å². The van der Waals surface area contributed by atoms with Crippen molar-refractivity contribution in [3.05, 3.63) is 368 Å². The van der Waals surface area contributed by atoms with Gasteiger partial charge in [0.25, 0.3) is 0 Å². The zero-order chi connectivity index (χ0) is 68.0. The number of benzene rings is 18. The quantitative estimate of drug-likeness (QED) is 0.116. The molecule has 479 valence electrons. The lowest BCUT2D eigenvalue weighted by molar-refractivity contribution is 0.459. The van der Waals surface area contributed by atoms with Gasteiger partial charge in [0.2, 0.25) is 0 Å². The van der Waals surface area contributed by atoms with Crippen molar-refractivity contribution >= 4 is 132 Å². The summed E-state index contributed by atoms with van der Waals surface area (Å²) >= 11 is 3.47. The van der Waals surface area contributed by atoms with Gasteiger partial charge in [0, 0.05) is 36.8 Å². The third-order valence-electron chi connectivity index (χ3n) is 19.9. The Bertz CT molecular complexity index is 6490. The SMILES string of the molecule is Brc1ccc(-c2ccc3oc4ccccc4c3c2)cc1.O[B]Oc1c2ccccc2c(-c2cccc(-c3ccc4ccccc4c3)c2)c2ccccc12.c1cc(-c2ccc3ccccc3c2)cc(-c2c3ccccc3c(-c3ccc(-c4ccc5oc6ccccc6c5c4)cc3)c3ccccc23)c1. The molecule has 0 saturated heterocycles. The van der Waals surface area contributed by atoms with Crippen LogP contribution in [-0.4, -0.2) is 12.7 Å². The van der Waals surface area contributed by atoms with Crippen LogP contribution >= 0.6 is 15.9 Å². The highest BCUT2D eigenvalue weighted by Crippen LogP contribution is 2.47. The third-order valence-corrected chi connectivity index (χ3v) is 20.4. The predicted molar refractivity (Wildman–Crippen MR) is 433 cm³/mol. The van der Waals surface area contributed by atoms with Crippen LogP contribution in [0, 0.1) is 0 Å². The maximum absolute atomic E-state index is 9.42. The summed E-state index contributed by atoms with van der Waals surface area (Å²) in [7, 11) is 0.758. The smallest absolute Gasteiger partial charge is 0.537 e. The van der Waals surface area contributed by atoms with E-state index in [0.717, 1.165) is 77.9 Å². The molecule has 20 aromatic rings. The Labute approximate surface area is 598 Å². The highest BCUT2D eigenvalue weighted by atomic mass is 79.9. The predicted octanol–water partition coefficient (Wildman–Crippen LogP) is 27.1. The molecule has 0 aliphatic rings. The molecule has 0 saturated carbocycles. The van der Waals surface area contributed by atoms with Crippen LogP contribution in [0.5, 0.6) is 5.75 Å². The molecule has 0 aliphatic heterocycles. The van der Waals surface area contributed by atoms with Gasteiger partial charge < -0.3 is 18.5 Å². The average molecular weight is 1370 g/mol. The minimum Gasteiger partial charge on any atom is -0.537 e. The molecule has 0 bridgehead atoms. The van der Waals surface area contributed by atoms with Gasteiger partial charge >= 0.3 is 7.69 Å². The average Bonchev–Trinajstić information content (AvgIpc) is 0.987. The standard InChI is InChI=1S/C48H30O.C30H20BO2.C18H11BrO/c1-2-11-34-28-36(25-22-31(34)10-1)35-12-9-13-38(29-35)48-42-17-5-3-15-40(42)47(41-16-4-6-18-43(41)48)33-23-20-32(21-24-33)37-26-27-46-44(30-37)39-14-7-8-19-45(39)49-46;32-31-33-30-27-14-5-3-12-25(27)29(26-13-4-6-15-28(26)30)24-11-7-10-22(19-24)23-17-16-20-8-1-2-9-21(20)18-23;19-14-8-5-12(6-9-14)13-7-10-18-16(11-13)15-3-1-2-4-17(15)20-18/h1-30H;1-19,32H;1-11H. The summed E-state index contributed by atoms with van der Waals surface area (Å²) < 4.78 is 18.6. The molecule has 0 amide bonds. The molecule has 0 spiro atoms. The molecule has 2 aromatic heterocycles. The van der Waals surface area contributed by atoms with Crippen LogP contribution in [0.25, 0.3) is 186 Å². The lowest BCUT2D eigenvalue weighted by Gasteiger charge is -2.18. The highest BCUT2D eigenvalue weighted by molar-refractivity contribution is 9.10. The fourth-order valence-electron chi connectivity index (χ4n) is 15.1. The summed E-state index contributed by atoms with van der Waals surface area (Å²) in [5, 5.41) is 28.2. The Morgan fingerprint density at radius 1 is 0.216 bits per heavy atom. The summed E-state index contributed by atoms with van der Waals surface area (Å²) in [5.41, 5.74) is 20.6. The largest absolute Gasteiger partial charge is 0.569 e. The monoisotopic (exact) mass is 1370 g/mol. The summed E-state index contributed by atoms with van der Waals surface area (Å²) in [4.78, 5) is 0. The van der Waals surface area contributed by atoms with Gasteiger partial charge in [0.1, 0.15) is 28.1 Å². The van der Waals surface area contributed by atoms with Crippen molar-refractivity contribution in [2.24, 2.45) is 0 Å². The first kappa shape index (κ1) is 61.7. The molecule has 0 aliphatic carbocycles. The van der Waals surface area contributed by atoms with E-state index in [0.29, 0.717) is 5.75 Å². The zero-order valence-electron chi connectivity index (χ0n) is 55.3. The van der Waals surface area contributed by atoms with Crippen molar-refractivity contribution in [2.45, 2.75) is 0 Å². The molecular weight excluding hydrogens is 1310 g/mol. The van der Waals surface area contributed by atoms with Crippen molar-refractivity contribution in [3.8, 4) is 83.6 Å². The molecule has 1 N–H and O–H groups in total. The zero-order valence-corrected chi connectivity index (χ0v) is 56.9. The van der Waals surface area contributed by atoms with Crippen molar-refractivity contribution in [3.63, 3.8) is 0 Å². The Morgan fingerprint density at radius 3 is 0.941 bits per heavy atom. The molecule has 2 heterocycles. The number of rotatable bonds is 9. The maximum Gasteiger partial charge on any atom is 0.569 e. The van der Waals surface area contributed by atoms with E-state index in [1.165, 1.54) is 121 Å². The van der Waals surface area contributed by atoms with Crippen molar-refractivity contribution in [2.75, 3.05) is 0 Å².